The lowest BCUT2D eigenvalue weighted by atomic mass is 10.2. The van der Waals surface area contributed by atoms with Crippen LogP contribution in [0.25, 0.3) is 0 Å². The van der Waals surface area contributed by atoms with Crippen LogP contribution in [0.1, 0.15) is 30.1 Å². The second kappa shape index (κ2) is 7.66. The molecular weight excluding hydrogens is 256 g/mol. The van der Waals surface area contributed by atoms with E-state index in [4.69, 9.17) is 16.3 Å². The van der Waals surface area contributed by atoms with Crippen molar-refractivity contribution < 1.29 is 14.3 Å². The Morgan fingerprint density at radius 3 is 2.94 bits per heavy atom. The van der Waals surface area contributed by atoms with E-state index in [-0.39, 0.29) is 17.0 Å². The zero-order chi connectivity index (χ0) is 13.4. The minimum atomic E-state index is -0.251. The van der Waals surface area contributed by atoms with E-state index in [0.717, 1.165) is 0 Å². The molecular formula is C12H15ClN2O3. The maximum Gasteiger partial charge on any atom is 0.305 e. The number of hydrogen-bond acceptors (Lipinski definition) is 4. The van der Waals surface area contributed by atoms with Gasteiger partial charge in [0.05, 0.1) is 6.61 Å². The minimum absolute atomic E-state index is 0.233. The number of halogens is 1. The Morgan fingerprint density at radius 1 is 1.50 bits per heavy atom. The maximum atomic E-state index is 11.7. The number of esters is 1. The Bertz CT molecular complexity index is 424. The molecule has 1 rings (SSSR count). The van der Waals surface area contributed by atoms with E-state index < -0.39 is 0 Å². The highest BCUT2D eigenvalue weighted by Gasteiger charge is 2.06. The summed E-state index contributed by atoms with van der Waals surface area (Å²) in [6, 6.07) is 3.06. The van der Waals surface area contributed by atoms with Gasteiger partial charge in [-0.3, -0.25) is 9.59 Å². The van der Waals surface area contributed by atoms with E-state index in [2.05, 4.69) is 10.3 Å². The molecule has 1 heterocycles. The van der Waals surface area contributed by atoms with Crippen LogP contribution in [0.5, 0.6) is 0 Å². The van der Waals surface area contributed by atoms with Crippen molar-refractivity contribution in [2.24, 2.45) is 0 Å². The zero-order valence-electron chi connectivity index (χ0n) is 10.1. The van der Waals surface area contributed by atoms with Gasteiger partial charge in [-0.1, -0.05) is 11.6 Å². The van der Waals surface area contributed by atoms with Gasteiger partial charge in [-0.15, -0.1) is 0 Å². The smallest absolute Gasteiger partial charge is 0.305 e. The fourth-order valence-corrected chi connectivity index (χ4v) is 1.49. The number of carbonyl (C=O) groups is 2. The largest absolute Gasteiger partial charge is 0.466 e. The molecule has 0 fully saturated rings. The van der Waals surface area contributed by atoms with Gasteiger partial charge in [0.25, 0.3) is 5.91 Å². The van der Waals surface area contributed by atoms with Crippen molar-refractivity contribution in [3.8, 4) is 0 Å². The average Bonchev–Trinajstić information content (AvgIpc) is 2.35. The summed E-state index contributed by atoms with van der Waals surface area (Å²) >= 11 is 5.67. The monoisotopic (exact) mass is 270 g/mol. The van der Waals surface area contributed by atoms with Crippen LogP contribution >= 0.6 is 11.6 Å². The van der Waals surface area contributed by atoms with Gasteiger partial charge in [-0.2, -0.15) is 0 Å². The van der Waals surface area contributed by atoms with Crippen LogP contribution in [0.2, 0.25) is 5.15 Å². The molecule has 1 aromatic rings. The quantitative estimate of drug-likeness (QED) is 0.486. The SMILES string of the molecule is CCOC(=O)CCCNC(=O)c1ccnc(Cl)c1. The standard InChI is InChI=1S/C12H15ClN2O3/c1-2-18-11(16)4-3-6-15-12(17)9-5-7-14-10(13)8-9/h5,7-8H,2-4,6H2,1H3,(H,15,17). The Morgan fingerprint density at radius 2 is 2.28 bits per heavy atom. The first-order chi connectivity index (χ1) is 8.63. The van der Waals surface area contributed by atoms with Crippen LogP contribution in [-0.2, 0) is 9.53 Å². The summed E-state index contributed by atoms with van der Waals surface area (Å²) in [4.78, 5) is 26.5. The van der Waals surface area contributed by atoms with Crippen LogP contribution < -0.4 is 5.32 Å². The van der Waals surface area contributed by atoms with Crippen LogP contribution in [0, 0.1) is 0 Å². The normalized spacial score (nSPS) is 9.89. The zero-order valence-corrected chi connectivity index (χ0v) is 10.9. The number of aromatic nitrogens is 1. The Hall–Kier alpha value is -1.62. The molecule has 0 saturated carbocycles. The maximum absolute atomic E-state index is 11.7. The molecule has 0 spiro atoms. The van der Waals surface area contributed by atoms with E-state index in [1.54, 1.807) is 13.0 Å². The number of nitrogens with zero attached hydrogens (tertiary/aromatic N) is 1. The third-order valence-electron chi connectivity index (χ3n) is 2.14. The first kappa shape index (κ1) is 14.4. The minimum Gasteiger partial charge on any atom is -0.466 e. The molecule has 0 bridgehead atoms. The van der Waals surface area contributed by atoms with Crippen LogP contribution in [0.3, 0.4) is 0 Å². The van der Waals surface area contributed by atoms with Crippen molar-refractivity contribution in [3.05, 3.63) is 29.0 Å². The molecule has 0 aliphatic rings. The van der Waals surface area contributed by atoms with Gasteiger partial charge >= 0.3 is 5.97 Å². The fourth-order valence-electron chi connectivity index (χ4n) is 1.31. The topological polar surface area (TPSA) is 68.3 Å². The summed E-state index contributed by atoms with van der Waals surface area (Å²) in [5.41, 5.74) is 0.450. The first-order valence-electron chi connectivity index (χ1n) is 5.69. The molecule has 6 heteroatoms. The molecule has 0 unspecified atom stereocenters. The number of ether oxygens (including phenoxy) is 1. The fraction of sp³-hybridized carbons (Fsp3) is 0.417. The molecule has 0 aliphatic carbocycles. The number of carbonyl (C=O) groups excluding carboxylic acids is 2. The highest BCUT2D eigenvalue weighted by molar-refractivity contribution is 6.29. The van der Waals surface area contributed by atoms with Crippen molar-refractivity contribution >= 4 is 23.5 Å². The molecule has 0 saturated heterocycles. The number of amides is 1. The molecule has 0 atom stereocenters. The summed E-state index contributed by atoms with van der Waals surface area (Å²) in [6.45, 7) is 2.55. The summed E-state index contributed by atoms with van der Waals surface area (Å²) in [6.07, 6.45) is 2.31. The number of hydrogen-bond donors (Lipinski definition) is 1. The lowest BCUT2D eigenvalue weighted by Crippen LogP contribution is -2.25. The van der Waals surface area contributed by atoms with E-state index in [9.17, 15) is 9.59 Å². The van der Waals surface area contributed by atoms with E-state index in [1.165, 1.54) is 12.3 Å². The predicted octanol–water partition coefficient (Wildman–Crippen LogP) is 1.81. The van der Waals surface area contributed by atoms with Gasteiger partial charge in [0, 0.05) is 24.7 Å². The van der Waals surface area contributed by atoms with E-state index in [0.29, 0.717) is 31.6 Å². The number of rotatable bonds is 6. The summed E-state index contributed by atoms with van der Waals surface area (Å²) in [5, 5.41) is 2.96. The van der Waals surface area contributed by atoms with Gasteiger partial charge in [0.2, 0.25) is 0 Å². The second-order valence-corrected chi connectivity index (χ2v) is 3.92. The van der Waals surface area contributed by atoms with Gasteiger partial charge in [0.15, 0.2) is 0 Å². The van der Waals surface area contributed by atoms with Gasteiger partial charge in [-0.25, -0.2) is 4.98 Å². The predicted molar refractivity (Wildman–Crippen MR) is 67.4 cm³/mol. The molecule has 98 valence electrons. The number of pyridine rings is 1. The van der Waals surface area contributed by atoms with Crippen molar-refractivity contribution in [1.82, 2.24) is 10.3 Å². The third kappa shape index (κ3) is 5.14. The average molecular weight is 271 g/mol. The highest BCUT2D eigenvalue weighted by atomic mass is 35.5. The lowest BCUT2D eigenvalue weighted by Gasteiger charge is -2.05. The van der Waals surface area contributed by atoms with Crippen molar-refractivity contribution in [1.29, 1.82) is 0 Å². The Labute approximate surface area is 110 Å². The van der Waals surface area contributed by atoms with Crippen LogP contribution in [0.4, 0.5) is 0 Å². The van der Waals surface area contributed by atoms with Crippen LogP contribution in [0.15, 0.2) is 18.3 Å². The lowest BCUT2D eigenvalue weighted by molar-refractivity contribution is -0.143. The second-order valence-electron chi connectivity index (χ2n) is 3.53. The summed E-state index contributed by atoms with van der Waals surface area (Å²) in [5.74, 6) is -0.484. The summed E-state index contributed by atoms with van der Waals surface area (Å²) in [7, 11) is 0. The van der Waals surface area contributed by atoms with Crippen molar-refractivity contribution in [2.75, 3.05) is 13.2 Å². The Balaban J connectivity index is 2.27. The van der Waals surface area contributed by atoms with Crippen molar-refractivity contribution in [3.63, 3.8) is 0 Å². The highest BCUT2D eigenvalue weighted by Crippen LogP contribution is 2.06. The summed E-state index contributed by atoms with van der Waals surface area (Å²) < 4.78 is 4.77. The molecule has 18 heavy (non-hydrogen) atoms. The molecule has 0 radical (unpaired) electrons. The number of nitrogens with one attached hydrogen (secondary N) is 1. The van der Waals surface area contributed by atoms with Crippen LogP contribution in [-0.4, -0.2) is 30.0 Å². The van der Waals surface area contributed by atoms with E-state index in [1.807, 2.05) is 0 Å². The molecule has 1 N–H and O–H groups in total. The van der Waals surface area contributed by atoms with Gasteiger partial charge < -0.3 is 10.1 Å². The molecule has 0 aromatic carbocycles. The molecule has 5 nitrogen and oxygen atoms in total. The van der Waals surface area contributed by atoms with Gasteiger partial charge in [-0.05, 0) is 25.5 Å². The molecule has 1 aromatic heterocycles. The Kier molecular flexibility index (Phi) is 6.14. The van der Waals surface area contributed by atoms with Gasteiger partial charge in [0.1, 0.15) is 5.15 Å². The third-order valence-corrected chi connectivity index (χ3v) is 2.34. The van der Waals surface area contributed by atoms with Crippen molar-refractivity contribution in [2.45, 2.75) is 19.8 Å². The first-order valence-corrected chi connectivity index (χ1v) is 6.06. The molecule has 1 amide bonds. The molecule has 0 aliphatic heterocycles. The van der Waals surface area contributed by atoms with E-state index >= 15 is 0 Å².